The summed E-state index contributed by atoms with van der Waals surface area (Å²) in [5, 5.41) is 3.55. The Morgan fingerprint density at radius 1 is 1.41 bits per heavy atom. The number of nitrogens with one attached hydrogen (secondary N) is 1. The van der Waals surface area contributed by atoms with Crippen LogP contribution < -0.4 is 10.2 Å². The molecule has 3 aliphatic rings. The molecule has 0 aromatic heterocycles. The number of hydrogen-bond acceptors (Lipinski definition) is 2. The Kier molecular flexibility index (Phi) is 1.91. The quantitative estimate of drug-likeness (QED) is 0.733. The maximum atomic E-state index is 3.55. The second-order valence-corrected chi connectivity index (χ2v) is 6.01. The molecule has 1 fully saturated rings. The van der Waals surface area contributed by atoms with Crippen molar-refractivity contribution < 1.29 is 0 Å². The van der Waals surface area contributed by atoms with Gasteiger partial charge in [0.1, 0.15) is 0 Å². The largest absolute Gasteiger partial charge is 0.366 e. The highest BCUT2D eigenvalue weighted by Gasteiger charge is 2.50. The maximum Gasteiger partial charge on any atom is 0.0454 e. The first kappa shape index (κ1) is 9.95. The number of benzene rings is 1. The minimum absolute atomic E-state index is 0.433. The summed E-state index contributed by atoms with van der Waals surface area (Å²) in [5.74, 6) is 0. The van der Waals surface area contributed by atoms with Gasteiger partial charge >= 0.3 is 0 Å². The normalized spacial score (nSPS) is 34.4. The molecule has 2 atom stereocenters. The van der Waals surface area contributed by atoms with E-state index in [0.717, 1.165) is 19.1 Å². The summed E-state index contributed by atoms with van der Waals surface area (Å²) < 4.78 is 0. The summed E-state index contributed by atoms with van der Waals surface area (Å²) in [6, 6.07) is 7.70. The lowest BCUT2D eigenvalue weighted by Gasteiger charge is -2.30. The molecule has 17 heavy (non-hydrogen) atoms. The fourth-order valence-electron chi connectivity index (χ4n) is 4.34. The molecule has 0 saturated heterocycles. The van der Waals surface area contributed by atoms with Gasteiger partial charge in [0.2, 0.25) is 0 Å². The van der Waals surface area contributed by atoms with Crippen molar-refractivity contribution in [1.29, 1.82) is 0 Å². The first-order chi connectivity index (χ1) is 8.31. The molecule has 1 saturated carbocycles. The van der Waals surface area contributed by atoms with Crippen LogP contribution in [0.15, 0.2) is 18.2 Å². The Morgan fingerprint density at radius 3 is 3.29 bits per heavy atom. The van der Waals surface area contributed by atoms with Gasteiger partial charge in [0.25, 0.3) is 0 Å². The molecule has 1 aromatic rings. The number of fused-ring (bicyclic) bond motifs is 3. The van der Waals surface area contributed by atoms with E-state index in [1.54, 1.807) is 11.3 Å². The maximum absolute atomic E-state index is 3.55. The molecule has 2 aliphatic heterocycles. The first-order valence-electron chi connectivity index (χ1n) is 6.90. The fraction of sp³-hybridized carbons (Fsp3) is 0.600. The van der Waals surface area contributed by atoms with E-state index in [0.29, 0.717) is 5.41 Å². The van der Waals surface area contributed by atoms with Crippen LogP contribution in [0.4, 0.5) is 5.69 Å². The lowest BCUT2D eigenvalue weighted by Crippen LogP contribution is -2.41. The highest BCUT2D eigenvalue weighted by atomic mass is 15.2. The first-order valence-corrected chi connectivity index (χ1v) is 6.90. The van der Waals surface area contributed by atoms with Crippen LogP contribution in [0.3, 0.4) is 0 Å². The van der Waals surface area contributed by atoms with Crippen LogP contribution in [0, 0.1) is 0 Å². The van der Waals surface area contributed by atoms with E-state index < -0.39 is 0 Å². The smallest absolute Gasteiger partial charge is 0.0454 e. The lowest BCUT2D eigenvalue weighted by atomic mass is 9.80. The van der Waals surface area contributed by atoms with Gasteiger partial charge in [-0.05, 0) is 24.0 Å². The Morgan fingerprint density at radius 2 is 2.35 bits per heavy atom. The predicted molar refractivity (Wildman–Crippen MR) is 70.5 cm³/mol. The zero-order chi connectivity index (χ0) is 11.5. The third-order valence-electron chi connectivity index (χ3n) is 5.15. The molecular weight excluding hydrogens is 208 g/mol. The summed E-state index contributed by atoms with van der Waals surface area (Å²) >= 11 is 0. The molecule has 90 valence electrons. The number of para-hydroxylation sites is 1. The molecule has 1 aliphatic carbocycles. The van der Waals surface area contributed by atoms with Gasteiger partial charge in [-0.3, -0.25) is 0 Å². The molecule has 2 nitrogen and oxygen atoms in total. The summed E-state index contributed by atoms with van der Waals surface area (Å²) in [5.41, 5.74) is 5.14. The predicted octanol–water partition coefficient (Wildman–Crippen LogP) is 2.42. The van der Waals surface area contributed by atoms with Crippen molar-refractivity contribution in [2.24, 2.45) is 0 Å². The Labute approximate surface area is 103 Å². The summed E-state index contributed by atoms with van der Waals surface area (Å²) in [7, 11) is 0. The van der Waals surface area contributed by atoms with Crippen LogP contribution in [-0.4, -0.2) is 19.1 Å². The zero-order valence-corrected chi connectivity index (χ0v) is 10.5. The van der Waals surface area contributed by atoms with Gasteiger partial charge in [0, 0.05) is 36.8 Å². The highest BCUT2D eigenvalue weighted by Crippen LogP contribution is 2.54. The van der Waals surface area contributed by atoms with Crippen molar-refractivity contribution >= 4 is 5.69 Å². The number of rotatable bonds is 0. The summed E-state index contributed by atoms with van der Waals surface area (Å²) in [4.78, 5) is 2.71. The molecule has 4 rings (SSSR count). The lowest BCUT2D eigenvalue weighted by molar-refractivity contribution is 0.437. The van der Waals surface area contributed by atoms with Crippen molar-refractivity contribution in [1.82, 2.24) is 5.32 Å². The van der Waals surface area contributed by atoms with E-state index in [1.807, 2.05) is 0 Å². The minimum Gasteiger partial charge on any atom is -0.366 e. The molecule has 2 heterocycles. The molecule has 0 amide bonds. The standard InChI is InChI=1S/C15H20N2/c1-15-7-3-6-13(15)17-9-8-16-10-11-4-2-5-12(15)14(11)17/h2,4-5,13,16H,3,6-10H2,1H3/t13?,15-/m1/s1. The average Bonchev–Trinajstić information content (AvgIpc) is 2.72. The molecule has 1 N–H and O–H groups in total. The van der Waals surface area contributed by atoms with Crippen LogP contribution in [0.2, 0.25) is 0 Å². The van der Waals surface area contributed by atoms with Crippen molar-refractivity contribution in [3.8, 4) is 0 Å². The SMILES string of the molecule is C[C@]12CCCC1N1CCNCc3cccc2c31. The Hall–Kier alpha value is -1.02. The molecule has 0 radical (unpaired) electrons. The van der Waals surface area contributed by atoms with Crippen LogP contribution in [0.25, 0.3) is 0 Å². The van der Waals surface area contributed by atoms with Gasteiger partial charge in [0.15, 0.2) is 0 Å². The molecule has 1 aromatic carbocycles. The summed E-state index contributed by atoms with van der Waals surface area (Å²) in [6.07, 6.45) is 4.15. The topological polar surface area (TPSA) is 15.3 Å². The second-order valence-electron chi connectivity index (χ2n) is 6.01. The number of hydrogen-bond donors (Lipinski definition) is 1. The van der Waals surface area contributed by atoms with Gasteiger partial charge in [-0.2, -0.15) is 0 Å². The number of anilines is 1. The second kappa shape index (κ2) is 3.26. The third kappa shape index (κ3) is 1.14. The average molecular weight is 228 g/mol. The van der Waals surface area contributed by atoms with Crippen molar-refractivity contribution in [3.05, 3.63) is 29.3 Å². The molecular formula is C15H20N2. The van der Waals surface area contributed by atoms with Crippen LogP contribution in [0.5, 0.6) is 0 Å². The van der Waals surface area contributed by atoms with Crippen molar-refractivity contribution in [2.75, 3.05) is 18.0 Å². The molecule has 0 spiro atoms. The van der Waals surface area contributed by atoms with Gasteiger partial charge in [0.05, 0.1) is 0 Å². The van der Waals surface area contributed by atoms with Gasteiger partial charge in [-0.25, -0.2) is 0 Å². The fourth-order valence-corrected chi connectivity index (χ4v) is 4.34. The van der Waals surface area contributed by atoms with E-state index >= 15 is 0 Å². The van der Waals surface area contributed by atoms with Gasteiger partial charge < -0.3 is 10.2 Å². The highest BCUT2D eigenvalue weighted by molar-refractivity contribution is 5.69. The summed E-state index contributed by atoms with van der Waals surface area (Å²) in [6.45, 7) is 5.84. The molecule has 1 unspecified atom stereocenters. The van der Waals surface area contributed by atoms with Crippen LogP contribution in [0.1, 0.15) is 37.3 Å². The van der Waals surface area contributed by atoms with E-state index in [4.69, 9.17) is 0 Å². The van der Waals surface area contributed by atoms with E-state index in [9.17, 15) is 0 Å². The zero-order valence-electron chi connectivity index (χ0n) is 10.5. The van der Waals surface area contributed by atoms with Gasteiger partial charge in [-0.15, -0.1) is 0 Å². The van der Waals surface area contributed by atoms with Crippen LogP contribution in [-0.2, 0) is 12.0 Å². The van der Waals surface area contributed by atoms with Crippen molar-refractivity contribution in [2.45, 2.75) is 44.2 Å². The Bertz CT molecular complexity index is 468. The van der Waals surface area contributed by atoms with Crippen LogP contribution >= 0.6 is 0 Å². The van der Waals surface area contributed by atoms with Gasteiger partial charge in [-0.1, -0.05) is 31.5 Å². The minimum atomic E-state index is 0.433. The molecule has 2 heteroatoms. The van der Waals surface area contributed by atoms with Crippen molar-refractivity contribution in [3.63, 3.8) is 0 Å². The van der Waals surface area contributed by atoms with E-state index in [2.05, 4.69) is 35.3 Å². The van der Waals surface area contributed by atoms with E-state index in [-0.39, 0.29) is 0 Å². The number of nitrogens with zero attached hydrogens (tertiary/aromatic N) is 1. The van der Waals surface area contributed by atoms with E-state index in [1.165, 1.54) is 31.4 Å². The monoisotopic (exact) mass is 228 g/mol. The molecule has 0 bridgehead atoms. The third-order valence-corrected chi connectivity index (χ3v) is 5.15. The Balaban J connectivity index is 1.97.